The lowest BCUT2D eigenvalue weighted by Gasteiger charge is -2.17. The molecule has 0 aliphatic carbocycles. The van der Waals surface area contributed by atoms with Crippen molar-refractivity contribution >= 4 is 17.6 Å². The number of pyridine rings is 1. The molecular weight excluding hydrogens is 256 g/mol. The average molecular weight is 278 g/mol. The van der Waals surface area contributed by atoms with Crippen LogP contribution in [0.1, 0.15) is 19.4 Å². The molecule has 0 fully saturated rings. The van der Waals surface area contributed by atoms with Gasteiger partial charge in [0.05, 0.1) is 0 Å². The van der Waals surface area contributed by atoms with Gasteiger partial charge < -0.3 is 15.5 Å². The smallest absolute Gasteiger partial charge is 0.314 e. The molecule has 2 amide bonds. The highest BCUT2D eigenvalue weighted by atomic mass is 16.2. The van der Waals surface area contributed by atoms with Crippen LogP contribution in [0.3, 0.4) is 0 Å². The Hall–Kier alpha value is -1.95. The summed E-state index contributed by atoms with van der Waals surface area (Å²) in [6, 6.07) is 3.59. The summed E-state index contributed by atoms with van der Waals surface area (Å²) in [5.74, 6) is -0.912. The summed E-state index contributed by atoms with van der Waals surface area (Å²) < 4.78 is 0. The van der Waals surface area contributed by atoms with E-state index in [2.05, 4.69) is 34.4 Å². The van der Waals surface area contributed by atoms with Crippen LogP contribution in [0.4, 0.5) is 5.82 Å². The van der Waals surface area contributed by atoms with E-state index < -0.39 is 11.8 Å². The lowest BCUT2D eigenvalue weighted by molar-refractivity contribution is -0.136. The Kier molecular flexibility index (Phi) is 6.66. The average Bonchev–Trinajstić information content (AvgIpc) is 2.45. The topological polar surface area (TPSA) is 74.3 Å². The van der Waals surface area contributed by atoms with Gasteiger partial charge in [0.15, 0.2) is 0 Å². The first-order chi connectivity index (χ1) is 9.58. The SMILES string of the molecule is CCN(CC)CCNC(=O)C(=O)Nc1ncccc1C. The van der Waals surface area contributed by atoms with E-state index in [1.807, 2.05) is 13.0 Å². The Labute approximate surface area is 119 Å². The van der Waals surface area contributed by atoms with Crippen LogP contribution in [0.15, 0.2) is 18.3 Å². The van der Waals surface area contributed by atoms with E-state index in [4.69, 9.17) is 0 Å². The predicted octanol–water partition coefficient (Wildman–Crippen LogP) is 0.787. The molecule has 110 valence electrons. The van der Waals surface area contributed by atoms with Gasteiger partial charge in [0, 0.05) is 19.3 Å². The minimum Gasteiger partial charge on any atom is -0.347 e. The first-order valence-corrected chi connectivity index (χ1v) is 6.81. The second kappa shape index (κ2) is 8.27. The van der Waals surface area contributed by atoms with Crippen molar-refractivity contribution in [3.8, 4) is 0 Å². The predicted molar refractivity (Wildman–Crippen MR) is 78.4 cm³/mol. The van der Waals surface area contributed by atoms with Crippen LogP contribution in [0.25, 0.3) is 0 Å². The van der Waals surface area contributed by atoms with Gasteiger partial charge in [-0.1, -0.05) is 19.9 Å². The zero-order valence-electron chi connectivity index (χ0n) is 12.3. The fourth-order valence-corrected chi connectivity index (χ4v) is 1.73. The number of aryl methyl sites for hydroxylation is 1. The Morgan fingerprint density at radius 2 is 1.95 bits per heavy atom. The van der Waals surface area contributed by atoms with Crippen LogP contribution in [0, 0.1) is 6.92 Å². The number of amides is 2. The van der Waals surface area contributed by atoms with Gasteiger partial charge in [-0.2, -0.15) is 0 Å². The van der Waals surface area contributed by atoms with Gasteiger partial charge in [-0.25, -0.2) is 4.98 Å². The molecule has 0 spiro atoms. The van der Waals surface area contributed by atoms with E-state index in [1.54, 1.807) is 12.3 Å². The number of anilines is 1. The second-order valence-corrected chi connectivity index (χ2v) is 4.41. The van der Waals surface area contributed by atoms with Crippen molar-refractivity contribution in [2.24, 2.45) is 0 Å². The molecule has 0 aliphatic rings. The van der Waals surface area contributed by atoms with Crippen molar-refractivity contribution in [3.63, 3.8) is 0 Å². The molecule has 0 saturated carbocycles. The molecular formula is C14H22N4O2. The fourth-order valence-electron chi connectivity index (χ4n) is 1.73. The zero-order valence-corrected chi connectivity index (χ0v) is 12.3. The number of nitrogens with one attached hydrogen (secondary N) is 2. The number of carbonyl (C=O) groups is 2. The molecule has 1 aromatic heterocycles. The molecule has 6 nitrogen and oxygen atoms in total. The maximum atomic E-state index is 11.7. The van der Waals surface area contributed by atoms with Gasteiger partial charge >= 0.3 is 11.8 Å². The van der Waals surface area contributed by atoms with E-state index in [9.17, 15) is 9.59 Å². The minimum atomic E-state index is -0.689. The molecule has 0 bridgehead atoms. The quantitative estimate of drug-likeness (QED) is 0.754. The van der Waals surface area contributed by atoms with E-state index in [0.717, 1.165) is 25.2 Å². The van der Waals surface area contributed by atoms with E-state index in [0.29, 0.717) is 12.4 Å². The van der Waals surface area contributed by atoms with E-state index in [1.165, 1.54) is 0 Å². The molecule has 2 N–H and O–H groups in total. The lowest BCUT2D eigenvalue weighted by Crippen LogP contribution is -2.40. The third kappa shape index (κ3) is 4.97. The summed E-state index contributed by atoms with van der Waals surface area (Å²) in [5.41, 5.74) is 0.816. The summed E-state index contributed by atoms with van der Waals surface area (Å²) in [5, 5.41) is 5.10. The number of hydrogen-bond acceptors (Lipinski definition) is 4. The van der Waals surface area contributed by atoms with Crippen LogP contribution < -0.4 is 10.6 Å². The van der Waals surface area contributed by atoms with Crippen molar-refractivity contribution in [2.75, 3.05) is 31.5 Å². The van der Waals surface area contributed by atoms with Gasteiger partial charge in [0.2, 0.25) is 0 Å². The lowest BCUT2D eigenvalue weighted by atomic mass is 10.3. The molecule has 0 radical (unpaired) electrons. The third-order valence-corrected chi connectivity index (χ3v) is 3.06. The number of rotatable bonds is 6. The summed E-state index contributed by atoms with van der Waals surface area (Å²) in [6.07, 6.45) is 1.57. The summed E-state index contributed by atoms with van der Waals surface area (Å²) in [7, 11) is 0. The second-order valence-electron chi connectivity index (χ2n) is 4.41. The van der Waals surface area contributed by atoms with E-state index in [-0.39, 0.29) is 0 Å². The molecule has 0 atom stereocenters. The molecule has 1 aromatic rings. The normalized spacial score (nSPS) is 10.4. The zero-order chi connectivity index (χ0) is 15.0. The number of carbonyl (C=O) groups excluding carboxylic acids is 2. The van der Waals surface area contributed by atoms with Crippen molar-refractivity contribution in [3.05, 3.63) is 23.9 Å². The van der Waals surface area contributed by atoms with Crippen molar-refractivity contribution < 1.29 is 9.59 Å². The standard InChI is InChI=1S/C14H22N4O2/c1-4-18(5-2)10-9-16-13(19)14(20)17-12-11(3)7-6-8-15-12/h6-8H,4-5,9-10H2,1-3H3,(H,16,19)(H,15,17,20). The van der Waals surface area contributed by atoms with Gasteiger partial charge in [-0.15, -0.1) is 0 Å². The molecule has 20 heavy (non-hydrogen) atoms. The Bertz CT molecular complexity index is 458. The maximum absolute atomic E-state index is 11.7. The largest absolute Gasteiger partial charge is 0.347 e. The van der Waals surface area contributed by atoms with Crippen molar-refractivity contribution in [1.29, 1.82) is 0 Å². The third-order valence-electron chi connectivity index (χ3n) is 3.06. The molecule has 0 aromatic carbocycles. The summed E-state index contributed by atoms with van der Waals surface area (Å²) in [6.45, 7) is 8.96. The molecule has 6 heteroatoms. The number of aromatic nitrogens is 1. The monoisotopic (exact) mass is 278 g/mol. The molecule has 0 saturated heterocycles. The van der Waals surface area contributed by atoms with E-state index >= 15 is 0 Å². The minimum absolute atomic E-state index is 0.413. The highest BCUT2D eigenvalue weighted by molar-refractivity contribution is 6.39. The number of hydrogen-bond donors (Lipinski definition) is 2. The summed E-state index contributed by atoms with van der Waals surface area (Å²) >= 11 is 0. The van der Waals surface area contributed by atoms with Gasteiger partial charge in [-0.3, -0.25) is 9.59 Å². The Balaban J connectivity index is 2.40. The van der Waals surface area contributed by atoms with Gasteiger partial charge in [-0.05, 0) is 31.6 Å². The van der Waals surface area contributed by atoms with Gasteiger partial charge in [0.1, 0.15) is 5.82 Å². The van der Waals surface area contributed by atoms with Crippen LogP contribution in [0.2, 0.25) is 0 Å². The van der Waals surface area contributed by atoms with Crippen molar-refractivity contribution in [1.82, 2.24) is 15.2 Å². The highest BCUT2D eigenvalue weighted by Crippen LogP contribution is 2.08. The number of nitrogens with zero attached hydrogens (tertiary/aromatic N) is 2. The summed E-state index contributed by atoms with van der Waals surface area (Å²) in [4.78, 5) is 29.5. The van der Waals surface area contributed by atoms with Crippen LogP contribution >= 0.6 is 0 Å². The molecule has 1 rings (SSSR count). The molecule has 0 unspecified atom stereocenters. The molecule has 0 aliphatic heterocycles. The van der Waals surface area contributed by atoms with Gasteiger partial charge in [0.25, 0.3) is 0 Å². The first-order valence-electron chi connectivity index (χ1n) is 6.81. The highest BCUT2D eigenvalue weighted by Gasteiger charge is 2.14. The van der Waals surface area contributed by atoms with Crippen LogP contribution in [-0.2, 0) is 9.59 Å². The first kappa shape index (κ1) is 16.1. The van der Waals surface area contributed by atoms with Crippen LogP contribution in [-0.4, -0.2) is 47.9 Å². The fraction of sp³-hybridized carbons (Fsp3) is 0.500. The maximum Gasteiger partial charge on any atom is 0.314 e. The Morgan fingerprint density at radius 3 is 2.55 bits per heavy atom. The number of likely N-dealkylation sites (N-methyl/N-ethyl adjacent to an activating group) is 1. The Morgan fingerprint density at radius 1 is 1.25 bits per heavy atom. The van der Waals surface area contributed by atoms with Crippen LogP contribution in [0.5, 0.6) is 0 Å². The molecule has 1 heterocycles. The van der Waals surface area contributed by atoms with Crippen molar-refractivity contribution in [2.45, 2.75) is 20.8 Å².